The van der Waals surface area contributed by atoms with Crippen LogP contribution < -0.4 is 4.74 Å². The van der Waals surface area contributed by atoms with Crippen LogP contribution in [0.1, 0.15) is 6.92 Å². The Balaban J connectivity index is 3.10. The smallest absolute Gasteiger partial charge is 0.331 e. The Kier molecular flexibility index (Phi) is 3.18. The maximum absolute atomic E-state index is 10.5. The molecule has 0 saturated carbocycles. The predicted octanol–water partition coefficient (Wildman–Crippen LogP) is 2.15. The monoisotopic (exact) mass is 246 g/mol. The van der Waals surface area contributed by atoms with Gasteiger partial charge in [-0.2, -0.15) is 0 Å². The second kappa shape index (κ2) is 4.18. The van der Waals surface area contributed by atoms with Crippen molar-refractivity contribution < 1.29 is 9.66 Å². The molecular weight excluding hydrogens is 240 g/mol. The van der Waals surface area contributed by atoms with Crippen molar-refractivity contribution >= 4 is 21.6 Å². The average Bonchev–Trinajstić information content (AvgIpc) is 2.04. The summed E-state index contributed by atoms with van der Waals surface area (Å²) in [6, 6.07) is 2.85. The third-order valence-corrected chi connectivity index (χ3v) is 1.73. The summed E-state index contributed by atoms with van der Waals surface area (Å²) in [5.74, 6) is 0.0434. The van der Waals surface area contributed by atoms with E-state index in [1.54, 1.807) is 6.92 Å². The number of hydrogen-bond donors (Lipinski definition) is 0. The molecule has 1 aromatic heterocycles. The van der Waals surface area contributed by atoms with E-state index in [4.69, 9.17) is 4.74 Å². The van der Waals surface area contributed by atoms with Gasteiger partial charge in [0.05, 0.1) is 11.5 Å². The van der Waals surface area contributed by atoms with E-state index in [0.29, 0.717) is 11.2 Å². The van der Waals surface area contributed by atoms with Crippen molar-refractivity contribution in [2.45, 2.75) is 6.92 Å². The molecule has 0 unspecified atom stereocenters. The van der Waals surface area contributed by atoms with Gasteiger partial charge in [-0.15, -0.1) is 0 Å². The number of halogens is 1. The molecule has 5 nitrogen and oxygen atoms in total. The van der Waals surface area contributed by atoms with Crippen molar-refractivity contribution in [1.82, 2.24) is 4.98 Å². The van der Waals surface area contributed by atoms with Gasteiger partial charge in [0, 0.05) is 6.07 Å². The third-order valence-electron chi connectivity index (χ3n) is 1.28. The number of hydrogen-bond acceptors (Lipinski definition) is 4. The summed E-state index contributed by atoms with van der Waals surface area (Å²) in [5.41, 5.74) is -0.120. The van der Waals surface area contributed by atoms with Crippen LogP contribution in [0.2, 0.25) is 0 Å². The van der Waals surface area contributed by atoms with E-state index in [2.05, 4.69) is 20.9 Å². The van der Waals surface area contributed by atoms with Crippen molar-refractivity contribution in [2.75, 3.05) is 6.61 Å². The summed E-state index contributed by atoms with van der Waals surface area (Å²) in [6.07, 6.45) is 0. The Morgan fingerprint density at radius 3 is 2.92 bits per heavy atom. The second-order valence-corrected chi connectivity index (χ2v) is 2.96. The molecule has 0 atom stereocenters. The molecule has 0 N–H and O–H groups in total. The van der Waals surface area contributed by atoms with Gasteiger partial charge in [-0.05, 0) is 28.9 Å². The number of ether oxygens (including phenoxy) is 1. The Hall–Kier alpha value is -1.17. The molecule has 0 saturated heterocycles. The molecule has 0 aromatic carbocycles. The number of nitro groups is 1. The first-order valence-electron chi connectivity index (χ1n) is 3.59. The molecular formula is C7H7BrN2O3. The summed E-state index contributed by atoms with van der Waals surface area (Å²) in [6.45, 7) is 2.09. The van der Waals surface area contributed by atoms with Crippen LogP contribution in [0.3, 0.4) is 0 Å². The van der Waals surface area contributed by atoms with Crippen LogP contribution in [0, 0.1) is 10.1 Å². The van der Waals surface area contributed by atoms with Crippen molar-refractivity contribution in [2.24, 2.45) is 0 Å². The normalized spacial score (nSPS) is 9.69. The van der Waals surface area contributed by atoms with Gasteiger partial charge >= 0.3 is 5.69 Å². The predicted molar refractivity (Wildman–Crippen MR) is 49.8 cm³/mol. The highest BCUT2D eigenvalue weighted by Crippen LogP contribution is 2.25. The summed E-state index contributed by atoms with van der Waals surface area (Å²) >= 11 is 3.10. The summed E-state index contributed by atoms with van der Waals surface area (Å²) in [4.78, 5) is 13.8. The van der Waals surface area contributed by atoms with E-state index in [-0.39, 0.29) is 11.6 Å². The molecule has 1 aromatic rings. The summed E-state index contributed by atoms with van der Waals surface area (Å²) < 4.78 is 5.51. The van der Waals surface area contributed by atoms with Crippen LogP contribution in [-0.2, 0) is 0 Å². The Labute approximate surface area is 83.0 Å². The van der Waals surface area contributed by atoms with Gasteiger partial charge in [0.15, 0.2) is 0 Å². The van der Waals surface area contributed by atoms with Crippen molar-refractivity contribution in [3.8, 4) is 5.88 Å². The lowest BCUT2D eigenvalue weighted by Gasteiger charge is -2.02. The van der Waals surface area contributed by atoms with Gasteiger partial charge in [-0.1, -0.05) is 0 Å². The number of rotatable bonds is 3. The lowest BCUT2D eigenvalue weighted by Crippen LogP contribution is -1.99. The summed E-state index contributed by atoms with van der Waals surface area (Å²) in [5, 5.41) is 10.5. The molecule has 0 radical (unpaired) electrons. The number of pyridine rings is 1. The summed E-state index contributed by atoms with van der Waals surface area (Å²) in [7, 11) is 0. The maximum atomic E-state index is 10.5. The molecule has 6 heteroatoms. The van der Waals surface area contributed by atoms with E-state index in [1.165, 1.54) is 12.1 Å². The molecule has 0 aliphatic heterocycles. The first-order chi connectivity index (χ1) is 6.15. The zero-order valence-corrected chi connectivity index (χ0v) is 8.44. The fraction of sp³-hybridized carbons (Fsp3) is 0.286. The van der Waals surface area contributed by atoms with E-state index in [9.17, 15) is 10.1 Å². The highest BCUT2D eigenvalue weighted by molar-refractivity contribution is 9.10. The van der Waals surface area contributed by atoms with E-state index in [1.807, 2.05) is 0 Å². The Morgan fingerprint density at radius 1 is 1.69 bits per heavy atom. The second-order valence-electron chi connectivity index (χ2n) is 2.15. The zero-order valence-electron chi connectivity index (χ0n) is 6.86. The molecule has 1 rings (SSSR count). The van der Waals surface area contributed by atoms with Crippen LogP contribution >= 0.6 is 15.9 Å². The first-order valence-corrected chi connectivity index (χ1v) is 4.38. The molecule has 0 aliphatic carbocycles. The van der Waals surface area contributed by atoms with E-state index < -0.39 is 4.92 Å². The minimum Gasteiger partial charge on any atom is -0.473 e. The molecule has 0 amide bonds. The fourth-order valence-electron chi connectivity index (χ4n) is 0.792. The lowest BCUT2D eigenvalue weighted by molar-refractivity contribution is -0.386. The fourth-order valence-corrected chi connectivity index (χ4v) is 1.09. The van der Waals surface area contributed by atoms with Crippen molar-refractivity contribution in [1.29, 1.82) is 0 Å². The van der Waals surface area contributed by atoms with Crippen LogP contribution in [0.15, 0.2) is 16.7 Å². The zero-order chi connectivity index (χ0) is 9.84. The topological polar surface area (TPSA) is 65.3 Å². The average molecular weight is 247 g/mol. The maximum Gasteiger partial charge on any atom is 0.331 e. The number of aromatic nitrogens is 1. The van der Waals surface area contributed by atoms with Gasteiger partial charge < -0.3 is 4.74 Å². The van der Waals surface area contributed by atoms with Gasteiger partial charge in [-0.3, -0.25) is 10.1 Å². The molecule has 1 heterocycles. The molecule has 0 fully saturated rings. The quantitative estimate of drug-likeness (QED) is 0.466. The Bertz CT molecular complexity index is 330. The molecule has 0 spiro atoms. The standard InChI is InChI=1S/C7H7BrN2O3/c1-2-13-7-5(10(11)12)3-4-6(8)9-7/h3-4H,2H2,1H3. The largest absolute Gasteiger partial charge is 0.473 e. The van der Waals surface area contributed by atoms with E-state index >= 15 is 0 Å². The van der Waals surface area contributed by atoms with Crippen LogP contribution in [0.5, 0.6) is 5.88 Å². The van der Waals surface area contributed by atoms with Crippen LogP contribution in [-0.4, -0.2) is 16.5 Å². The van der Waals surface area contributed by atoms with Crippen molar-refractivity contribution in [3.63, 3.8) is 0 Å². The van der Waals surface area contributed by atoms with E-state index in [0.717, 1.165) is 0 Å². The van der Waals surface area contributed by atoms with Crippen LogP contribution in [0.4, 0.5) is 5.69 Å². The third kappa shape index (κ3) is 2.38. The molecule has 13 heavy (non-hydrogen) atoms. The van der Waals surface area contributed by atoms with Crippen LogP contribution in [0.25, 0.3) is 0 Å². The van der Waals surface area contributed by atoms with Gasteiger partial charge in [0.25, 0.3) is 5.88 Å². The van der Waals surface area contributed by atoms with Gasteiger partial charge in [0.1, 0.15) is 4.60 Å². The molecule has 0 aliphatic rings. The number of nitrogens with zero attached hydrogens (tertiary/aromatic N) is 2. The van der Waals surface area contributed by atoms with Gasteiger partial charge in [0.2, 0.25) is 0 Å². The van der Waals surface area contributed by atoms with Gasteiger partial charge in [-0.25, -0.2) is 4.98 Å². The SMILES string of the molecule is CCOc1nc(Br)ccc1[N+](=O)[O-]. The van der Waals surface area contributed by atoms with Crippen molar-refractivity contribution in [3.05, 3.63) is 26.9 Å². The lowest BCUT2D eigenvalue weighted by atomic mass is 10.4. The molecule has 70 valence electrons. The first kappa shape index (κ1) is 9.91. The highest BCUT2D eigenvalue weighted by atomic mass is 79.9. The Morgan fingerprint density at radius 2 is 2.38 bits per heavy atom. The molecule has 0 bridgehead atoms. The minimum atomic E-state index is -0.523. The minimum absolute atomic E-state index is 0.0434. The highest BCUT2D eigenvalue weighted by Gasteiger charge is 2.16.